The van der Waals surface area contributed by atoms with Crippen LogP contribution in [0.5, 0.6) is 0 Å². The van der Waals surface area contributed by atoms with Crippen LogP contribution in [0.3, 0.4) is 0 Å². The van der Waals surface area contributed by atoms with Crippen LogP contribution in [0.4, 0.5) is 0 Å². The zero-order valence-corrected chi connectivity index (χ0v) is 11.5. The smallest absolute Gasteiger partial charge is 0.222 e. The van der Waals surface area contributed by atoms with Crippen LogP contribution in [0.15, 0.2) is 0 Å². The monoisotopic (exact) mass is 254 g/mol. The van der Waals surface area contributed by atoms with Gasteiger partial charge in [0.1, 0.15) is 0 Å². The first-order valence-corrected chi connectivity index (χ1v) is 7.35. The van der Waals surface area contributed by atoms with Gasteiger partial charge in [-0.2, -0.15) is 0 Å². The lowest BCUT2D eigenvalue weighted by Crippen LogP contribution is -2.46. The molecule has 0 spiro atoms. The highest BCUT2D eigenvalue weighted by Crippen LogP contribution is 2.18. The third-order valence-electron chi connectivity index (χ3n) is 4.17. The molecule has 2 atom stereocenters. The van der Waals surface area contributed by atoms with Crippen LogP contribution in [0.2, 0.25) is 0 Å². The summed E-state index contributed by atoms with van der Waals surface area (Å²) in [6.07, 6.45) is 7.71. The number of nitrogens with one attached hydrogen (secondary N) is 1. The molecule has 2 rings (SSSR count). The van der Waals surface area contributed by atoms with Crippen LogP contribution in [-0.4, -0.2) is 49.7 Å². The van der Waals surface area contributed by atoms with E-state index in [9.17, 15) is 4.79 Å². The number of hydrogen-bond acceptors (Lipinski definition) is 3. The summed E-state index contributed by atoms with van der Waals surface area (Å²) in [6, 6.07) is 0.388. The van der Waals surface area contributed by atoms with Crippen molar-refractivity contribution in [1.29, 1.82) is 0 Å². The summed E-state index contributed by atoms with van der Waals surface area (Å²) >= 11 is 0. The van der Waals surface area contributed by atoms with Crippen molar-refractivity contribution in [3.05, 3.63) is 0 Å². The minimum atomic E-state index is 0.276. The first kappa shape index (κ1) is 13.8. The molecule has 2 heterocycles. The first-order chi connectivity index (χ1) is 8.77. The Morgan fingerprint density at radius 2 is 2.22 bits per heavy atom. The molecular weight excluding hydrogens is 228 g/mol. The van der Waals surface area contributed by atoms with Crippen molar-refractivity contribution in [2.75, 3.05) is 26.7 Å². The summed E-state index contributed by atoms with van der Waals surface area (Å²) in [7, 11) is 1.95. The predicted molar refractivity (Wildman–Crippen MR) is 71.5 cm³/mol. The largest absolute Gasteiger partial charge is 0.378 e. The van der Waals surface area contributed by atoms with Crippen molar-refractivity contribution in [2.24, 2.45) is 0 Å². The van der Waals surface area contributed by atoms with Gasteiger partial charge < -0.3 is 15.0 Å². The van der Waals surface area contributed by atoms with Gasteiger partial charge >= 0.3 is 0 Å². The highest BCUT2D eigenvalue weighted by Gasteiger charge is 2.23. The molecule has 1 amide bonds. The lowest BCUT2D eigenvalue weighted by atomic mass is 10.0. The molecule has 2 saturated heterocycles. The molecule has 18 heavy (non-hydrogen) atoms. The van der Waals surface area contributed by atoms with E-state index in [-0.39, 0.29) is 5.91 Å². The maximum atomic E-state index is 12.1. The Morgan fingerprint density at radius 1 is 1.33 bits per heavy atom. The van der Waals surface area contributed by atoms with E-state index < -0.39 is 0 Å². The standard InChI is InChI=1S/C14H26N2O2/c1-16(12-5-4-9-15-11-12)14(17)8-7-13-6-2-3-10-18-13/h12-13,15H,2-11H2,1H3. The number of hydrogen-bond donors (Lipinski definition) is 1. The van der Waals surface area contributed by atoms with E-state index in [0.29, 0.717) is 18.6 Å². The summed E-state index contributed by atoms with van der Waals surface area (Å²) < 4.78 is 5.67. The molecular formula is C14H26N2O2. The van der Waals surface area contributed by atoms with Crippen LogP contribution in [0.25, 0.3) is 0 Å². The third-order valence-corrected chi connectivity index (χ3v) is 4.17. The van der Waals surface area contributed by atoms with Gasteiger partial charge in [0.15, 0.2) is 0 Å². The van der Waals surface area contributed by atoms with Gasteiger partial charge in [0.05, 0.1) is 6.10 Å². The van der Waals surface area contributed by atoms with Gasteiger partial charge in [-0.3, -0.25) is 4.79 Å². The molecule has 0 aromatic carbocycles. The molecule has 0 radical (unpaired) electrons. The van der Waals surface area contributed by atoms with Gasteiger partial charge in [-0.1, -0.05) is 0 Å². The van der Waals surface area contributed by atoms with Crippen LogP contribution >= 0.6 is 0 Å². The molecule has 2 unspecified atom stereocenters. The topological polar surface area (TPSA) is 41.6 Å². The van der Waals surface area contributed by atoms with E-state index in [2.05, 4.69) is 5.32 Å². The van der Waals surface area contributed by atoms with Gasteiger partial charge in [-0.15, -0.1) is 0 Å². The maximum Gasteiger partial charge on any atom is 0.222 e. The van der Waals surface area contributed by atoms with E-state index in [1.807, 2.05) is 11.9 Å². The van der Waals surface area contributed by atoms with E-state index in [4.69, 9.17) is 4.74 Å². The summed E-state index contributed by atoms with van der Waals surface area (Å²) in [4.78, 5) is 14.1. The zero-order chi connectivity index (χ0) is 12.8. The Kier molecular flexibility index (Phi) is 5.45. The predicted octanol–water partition coefficient (Wildman–Crippen LogP) is 1.55. The second kappa shape index (κ2) is 7.10. The lowest BCUT2D eigenvalue weighted by Gasteiger charge is -2.32. The summed E-state index contributed by atoms with van der Waals surface area (Å²) in [5.74, 6) is 0.276. The minimum Gasteiger partial charge on any atom is -0.378 e. The summed E-state index contributed by atoms with van der Waals surface area (Å²) in [6.45, 7) is 2.91. The van der Waals surface area contributed by atoms with Crippen LogP contribution in [0.1, 0.15) is 44.9 Å². The first-order valence-electron chi connectivity index (χ1n) is 7.35. The second-order valence-electron chi connectivity index (χ2n) is 5.53. The third kappa shape index (κ3) is 3.95. The summed E-state index contributed by atoms with van der Waals surface area (Å²) in [5.41, 5.74) is 0. The SMILES string of the molecule is CN(C(=O)CCC1CCCCO1)C1CCCNC1. The van der Waals surface area contributed by atoms with Crippen LogP contribution < -0.4 is 5.32 Å². The van der Waals surface area contributed by atoms with E-state index in [1.54, 1.807) is 0 Å². The maximum absolute atomic E-state index is 12.1. The molecule has 2 aliphatic rings. The molecule has 1 N–H and O–H groups in total. The fourth-order valence-corrected chi connectivity index (χ4v) is 2.86. The number of carbonyl (C=O) groups excluding carboxylic acids is 1. The number of rotatable bonds is 4. The Hall–Kier alpha value is -0.610. The second-order valence-corrected chi connectivity index (χ2v) is 5.53. The minimum absolute atomic E-state index is 0.276. The number of piperidine rings is 1. The van der Waals surface area contributed by atoms with Gasteiger partial charge in [-0.25, -0.2) is 0 Å². The fraction of sp³-hybridized carbons (Fsp3) is 0.929. The molecule has 0 bridgehead atoms. The van der Waals surface area contributed by atoms with Crippen molar-refractivity contribution >= 4 is 5.91 Å². The number of likely N-dealkylation sites (N-methyl/N-ethyl adjacent to an activating group) is 1. The lowest BCUT2D eigenvalue weighted by molar-refractivity contribution is -0.133. The molecule has 0 aromatic heterocycles. The average Bonchev–Trinajstić information content (AvgIpc) is 2.46. The van der Waals surface area contributed by atoms with E-state index in [1.165, 1.54) is 19.3 Å². The highest BCUT2D eigenvalue weighted by molar-refractivity contribution is 5.76. The Bertz CT molecular complexity index is 259. The van der Waals surface area contributed by atoms with Crippen LogP contribution in [0, 0.1) is 0 Å². The number of carbonyl (C=O) groups is 1. The van der Waals surface area contributed by atoms with Gasteiger partial charge in [0, 0.05) is 32.7 Å². The van der Waals surface area contributed by atoms with E-state index >= 15 is 0 Å². The van der Waals surface area contributed by atoms with Crippen molar-refractivity contribution < 1.29 is 9.53 Å². The average molecular weight is 254 g/mol. The summed E-state index contributed by atoms with van der Waals surface area (Å²) in [5, 5.41) is 3.36. The molecule has 0 aromatic rings. The Morgan fingerprint density at radius 3 is 2.89 bits per heavy atom. The van der Waals surface area contributed by atoms with Crippen molar-refractivity contribution in [3.63, 3.8) is 0 Å². The highest BCUT2D eigenvalue weighted by atomic mass is 16.5. The van der Waals surface area contributed by atoms with E-state index in [0.717, 1.165) is 39.0 Å². The van der Waals surface area contributed by atoms with Gasteiger partial charge in [-0.05, 0) is 45.1 Å². The normalized spacial score (nSPS) is 28.9. The van der Waals surface area contributed by atoms with Crippen molar-refractivity contribution in [3.8, 4) is 0 Å². The molecule has 2 fully saturated rings. The molecule has 4 nitrogen and oxygen atoms in total. The fourth-order valence-electron chi connectivity index (χ4n) is 2.86. The molecule has 2 aliphatic heterocycles. The van der Waals surface area contributed by atoms with Crippen molar-refractivity contribution in [2.45, 2.75) is 57.1 Å². The quantitative estimate of drug-likeness (QED) is 0.827. The molecule has 0 aliphatic carbocycles. The molecule has 104 valence electrons. The van der Waals surface area contributed by atoms with Crippen LogP contribution in [-0.2, 0) is 9.53 Å². The zero-order valence-electron chi connectivity index (χ0n) is 11.5. The van der Waals surface area contributed by atoms with Gasteiger partial charge in [0.2, 0.25) is 5.91 Å². The molecule has 4 heteroatoms. The van der Waals surface area contributed by atoms with Crippen molar-refractivity contribution in [1.82, 2.24) is 10.2 Å². The Labute approximate surface area is 110 Å². The number of nitrogens with zero attached hydrogens (tertiary/aromatic N) is 1. The Balaban J connectivity index is 1.69. The number of amides is 1. The molecule has 0 saturated carbocycles. The number of ether oxygens (including phenoxy) is 1. The van der Waals surface area contributed by atoms with Gasteiger partial charge in [0.25, 0.3) is 0 Å².